The average Bonchev–Trinajstić information content (AvgIpc) is 2.52. The zero-order valence-corrected chi connectivity index (χ0v) is 13.8. The largest absolute Gasteiger partial charge is 0.326 e. The summed E-state index contributed by atoms with van der Waals surface area (Å²) >= 11 is 0. The maximum atomic E-state index is 12.5. The van der Waals surface area contributed by atoms with Gasteiger partial charge in [-0.05, 0) is 44.5 Å². The fourth-order valence-electron chi connectivity index (χ4n) is 2.30. The second-order valence-corrected chi connectivity index (χ2v) is 6.36. The molecule has 122 valence electrons. The number of anilines is 1. The maximum absolute atomic E-state index is 12.5. The number of hydrogen-bond donors (Lipinski definition) is 2. The molecule has 1 aromatic heterocycles. The fraction of sp³-hybridized carbons (Fsp3) is 0.333. The van der Waals surface area contributed by atoms with Crippen LogP contribution in [0.3, 0.4) is 0 Å². The number of hydrogen-bond acceptors (Lipinski definition) is 3. The second-order valence-electron chi connectivity index (χ2n) is 6.36. The van der Waals surface area contributed by atoms with Crippen molar-refractivity contribution >= 4 is 11.6 Å². The molecule has 0 aliphatic carbocycles. The van der Waals surface area contributed by atoms with Crippen molar-refractivity contribution < 1.29 is 4.79 Å². The Morgan fingerprint density at radius 2 is 1.87 bits per heavy atom. The molecule has 2 rings (SSSR count). The van der Waals surface area contributed by atoms with E-state index >= 15 is 0 Å². The Hall–Kier alpha value is -2.40. The van der Waals surface area contributed by atoms with E-state index < -0.39 is 5.41 Å². The minimum Gasteiger partial charge on any atom is -0.326 e. The molecular weight excluding hydrogens is 290 g/mol. The molecule has 1 heterocycles. The number of nitrogens with one attached hydrogen (secondary N) is 1. The summed E-state index contributed by atoms with van der Waals surface area (Å²) in [6, 6.07) is 11.0. The highest BCUT2D eigenvalue weighted by atomic mass is 16.2. The number of aryl methyl sites for hydroxylation is 1. The summed E-state index contributed by atoms with van der Waals surface area (Å²) in [5, 5.41) is 2.89. The van der Waals surface area contributed by atoms with Gasteiger partial charge < -0.3 is 15.6 Å². The van der Waals surface area contributed by atoms with Gasteiger partial charge in [0.2, 0.25) is 5.91 Å². The molecule has 1 amide bonds. The molecule has 0 aliphatic heterocycles. The minimum absolute atomic E-state index is 0.0688. The Balaban J connectivity index is 2.13. The van der Waals surface area contributed by atoms with Crippen LogP contribution in [0.5, 0.6) is 0 Å². The Kier molecular flexibility index (Phi) is 5.01. The van der Waals surface area contributed by atoms with Crippen molar-refractivity contribution in [2.45, 2.75) is 33.9 Å². The first-order chi connectivity index (χ1) is 10.8. The van der Waals surface area contributed by atoms with E-state index in [0.717, 1.165) is 11.3 Å². The van der Waals surface area contributed by atoms with Crippen LogP contribution in [0.15, 0.2) is 47.4 Å². The van der Waals surface area contributed by atoms with E-state index in [1.807, 2.05) is 44.2 Å². The monoisotopic (exact) mass is 313 g/mol. The lowest BCUT2D eigenvalue weighted by Gasteiger charge is -2.24. The van der Waals surface area contributed by atoms with Crippen molar-refractivity contribution in [2.24, 2.45) is 11.1 Å². The average molecular weight is 313 g/mol. The predicted octanol–water partition coefficient (Wildman–Crippen LogP) is 2.28. The van der Waals surface area contributed by atoms with Crippen LogP contribution < -0.4 is 16.6 Å². The number of aromatic nitrogens is 1. The van der Waals surface area contributed by atoms with Crippen molar-refractivity contribution in [3.63, 3.8) is 0 Å². The van der Waals surface area contributed by atoms with Gasteiger partial charge in [0.25, 0.3) is 5.56 Å². The number of carbonyl (C=O) groups excluding carboxylic acids is 1. The first kappa shape index (κ1) is 17.0. The van der Waals surface area contributed by atoms with Gasteiger partial charge in [0.1, 0.15) is 0 Å². The highest BCUT2D eigenvalue weighted by Crippen LogP contribution is 2.21. The Bertz CT molecular complexity index is 746. The third-order valence-electron chi connectivity index (χ3n) is 3.84. The smallest absolute Gasteiger partial charge is 0.253 e. The summed E-state index contributed by atoms with van der Waals surface area (Å²) in [6.45, 7) is 6.21. The van der Waals surface area contributed by atoms with E-state index in [9.17, 15) is 9.59 Å². The number of pyridine rings is 1. The highest BCUT2D eigenvalue weighted by molar-refractivity contribution is 5.94. The topological polar surface area (TPSA) is 77.1 Å². The van der Waals surface area contributed by atoms with Crippen molar-refractivity contribution in [1.29, 1.82) is 0 Å². The van der Waals surface area contributed by atoms with E-state index in [-0.39, 0.29) is 11.5 Å². The molecule has 1 aromatic carbocycles. The van der Waals surface area contributed by atoms with Gasteiger partial charge in [0, 0.05) is 30.5 Å². The number of nitrogens with zero attached hydrogens (tertiary/aromatic N) is 1. The maximum Gasteiger partial charge on any atom is 0.253 e. The first-order valence-corrected chi connectivity index (χ1v) is 7.60. The normalized spacial score (nSPS) is 11.3. The number of amides is 1. The zero-order chi connectivity index (χ0) is 17.0. The van der Waals surface area contributed by atoms with Gasteiger partial charge in [-0.3, -0.25) is 9.59 Å². The van der Waals surface area contributed by atoms with E-state index in [1.54, 1.807) is 23.8 Å². The predicted molar refractivity (Wildman–Crippen MR) is 92.2 cm³/mol. The summed E-state index contributed by atoms with van der Waals surface area (Å²) in [7, 11) is 0. The number of benzene rings is 1. The first-order valence-electron chi connectivity index (χ1n) is 7.60. The van der Waals surface area contributed by atoms with Gasteiger partial charge >= 0.3 is 0 Å². The van der Waals surface area contributed by atoms with E-state index in [0.29, 0.717) is 18.7 Å². The molecule has 0 radical (unpaired) electrons. The lowest BCUT2D eigenvalue weighted by Crippen LogP contribution is -2.38. The van der Waals surface area contributed by atoms with Crippen LogP contribution in [0.1, 0.15) is 25.0 Å². The molecule has 5 heteroatoms. The molecule has 23 heavy (non-hydrogen) atoms. The molecule has 3 N–H and O–H groups in total. The van der Waals surface area contributed by atoms with Gasteiger partial charge in [-0.15, -0.1) is 0 Å². The number of rotatable bonds is 5. The molecular formula is C18H23N3O2. The number of carbonyl (C=O) groups is 1. The SMILES string of the molecule is Cc1cccn(CC(C)(C)C(=O)Nc2ccc(CN)cc2)c1=O. The van der Waals surface area contributed by atoms with Crippen LogP contribution in [0, 0.1) is 12.3 Å². The van der Waals surface area contributed by atoms with E-state index in [1.165, 1.54) is 0 Å². The zero-order valence-electron chi connectivity index (χ0n) is 13.8. The molecule has 5 nitrogen and oxygen atoms in total. The summed E-state index contributed by atoms with van der Waals surface area (Å²) in [5.74, 6) is -0.133. The number of nitrogens with two attached hydrogens (primary N) is 1. The van der Waals surface area contributed by atoms with Crippen LogP contribution in [0.4, 0.5) is 5.69 Å². The summed E-state index contributed by atoms with van der Waals surface area (Å²) in [4.78, 5) is 24.7. The van der Waals surface area contributed by atoms with Crippen LogP contribution in [0.2, 0.25) is 0 Å². The molecule has 0 saturated heterocycles. The molecule has 0 fully saturated rings. The van der Waals surface area contributed by atoms with Crippen molar-refractivity contribution in [3.8, 4) is 0 Å². The second kappa shape index (κ2) is 6.79. The summed E-state index contributed by atoms with van der Waals surface area (Å²) in [5.41, 5.74) is 7.17. The van der Waals surface area contributed by atoms with Gasteiger partial charge in [0.15, 0.2) is 0 Å². The molecule has 2 aromatic rings. The van der Waals surface area contributed by atoms with Crippen molar-refractivity contribution in [1.82, 2.24) is 4.57 Å². The quantitative estimate of drug-likeness (QED) is 0.889. The lowest BCUT2D eigenvalue weighted by molar-refractivity contribution is -0.124. The summed E-state index contributed by atoms with van der Waals surface area (Å²) < 4.78 is 1.58. The minimum atomic E-state index is -0.718. The Labute approximate surface area is 136 Å². The third-order valence-corrected chi connectivity index (χ3v) is 3.84. The Morgan fingerprint density at radius 1 is 1.22 bits per heavy atom. The van der Waals surface area contributed by atoms with Crippen molar-refractivity contribution in [2.75, 3.05) is 5.32 Å². The van der Waals surface area contributed by atoms with Crippen LogP contribution in [-0.2, 0) is 17.9 Å². The van der Waals surface area contributed by atoms with Crippen molar-refractivity contribution in [3.05, 3.63) is 64.1 Å². The molecule has 0 saturated carbocycles. The van der Waals surface area contributed by atoms with Crippen LogP contribution in [0.25, 0.3) is 0 Å². The van der Waals surface area contributed by atoms with Gasteiger partial charge in [-0.1, -0.05) is 18.2 Å². The fourth-order valence-corrected chi connectivity index (χ4v) is 2.30. The molecule has 0 bridgehead atoms. The summed E-state index contributed by atoms with van der Waals surface area (Å²) in [6.07, 6.45) is 1.71. The molecule has 0 unspecified atom stereocenters. The third kappa shape index (κ3) is 4.07. The van der Waals surface area contributed by atoms with Gasteiger partial charge in [-0.2, -0.15) is 0 Å². The molecule has 0 atom stereocenters. The lowest BCUT2D eigenvalue weighted by atomic mass is 9.91. The van der Waals surface area contributed by atoms with Crippen LogP contribution in [-0.4, -0.2) is 10.5 Å². The molecule has 0 spiro atoms. The standard InChI is InChI=1S/C18H23N3O2/c1-13-5-4-10-21(16(13)22)12-18(2,3)17(23)20-15-8-6-14(11-19)7-9-15/h4-10H,11-12,19H2,1-3H3,(H,20,23). The highest BCUT2D eigenvalue weighted by Gasteiger charge is 2.28. The van der Waals surface area contributed by atoms with Crippen LogP contribution >= 0.6 is 0 Å². The molecule has 0 aliphatic rings. The Morgan fingerprint density at radius 3 is 2.48 bits per heavy atom. The van der Waals surface area contributed by atoms with Gasteiger partial charge in [-0.25, -0.2) is 0 Å². The van der Waals surface area contributed by atoms with Gasteiger partial charge in [0.05, 0.1) is 5.41 Å². The van der Waals surface area contributed by atoms with E-state index in [2.05, 4.69) is 5.32 Å². The van der Waals surface area contributed by atoms with E-state index in [4.69, 9.17) is 5.73 Å².